The van der Waals surface area contributed by atoms with Gasteiger partial charge in [-0.2, -0.15) is 0 Å². The number of rotatable bonds is 0. The molecule has 3 heterocycles. The van der Waals surface area contributed by atoms with Gasteiger partial charge in [-0.3, -0.25) is 18.9 Å². The lowest BCUT2D eigenvalue weighted by Crippen LogP contribution is -2.33. The molecular weight excluding hydrogens is 465 g/mol. The molecule has 0 unspecified atom stereocenters. The van der Waals surface area contributed by atoms with Crippen molar-refractivity contribution in [1.29, 1.82) is 0 Å². The third-order valence-corrected chi connectivity index (χ3v) is 7.33. The summed E-state index contributed by atoms with van der Waals surface area (Å²) in [5.74, 6) is -2.78. The van der Waals surface area contributed by atoms with E-state index < -0.39 is 39.1 Å². The van der Waals surface area contributed by atoms with Gasteiger partial charge >= 0.3 is 0 Å². The number of anilines is 1. The summed E-state index contributed by atoms with van der Waals surface area (Å²) in [5, 5.41) is 16.1. The van der Waals surface area contributed by atoms with Gasteiger partial charge in [-0.15, -0.1) is 0 Å². The van der Waals surface area contributed by atoms with Crippen LogP contribution in [0.1, 0.15) is 39.3 Å². The number of amides is 2. The molecule has 1 aromatic carbocycles. The molecule has 0 atom stereocenters. The van der Waals surface area contributed by atoms with Crippen LogP contribution < -0.4 is 14.9 Å². The number of pyridine rings is 2. The topological polar surface area (TPSA) is 142 Å². The van der Waals surface area contributed by atoms with E-state index in [0.29, 0.717) is 12.0 Å². The minimum Gasteiger partial charge on any atom is -0.504 e. The van der Waals surface area contributed by atoms with Gasteiger partial charge in [-0.05, 0) is 42.7 Å². The Morgan fingerprint density at radius 1 is 1.12 bits per heavy atom. The average Bonchev–Trinajstić information content (AvgIpc) is 2.82. The summed E-state index contributed by atoms with van der Waals surface area (Å²) in [7, 11) is -2.53. The van der Waals surface area contributed by atoms with Crippen LogP contribution in [0.4, 0.5) is 10.2 Å². The number of nitrogens with zero attached hydrogens (tertiary/aromatic N) is 3. The summed E-state index contributed by atoms with van der Waals surface area (Å²) in [6, 6.07) is 6.74. The van der Waals surface area contributed by atoms with E-state index in [0.717, 1.165) is 10.4 Å². The first kappa shape index (κ1) is 23.4. The van der Waals surface area contributed by atoms with Crippen LogP contribution >= 0.6 is 0 Å². The second kappa shape index (κ2) is 9.21. The van der Waals surface area contributed by atoms with Crippen molar-refractivity contribution in [2.45, 2.75) is 19.4 Å². The zero-order valence-corrected chi connectivity index (χ0v) is 19.0. The summed E-state index contributed by atoms with van der Waals surface area (Å²) in [6.07, 6.45) is 2.01. The van der Waals surface area contributed by atoms with Gasteiger partial charge in [0.15, 0.2) is 17.3 Å². The highest BCUT2D eigenvalue weighted by atomic mass is 32.2. The third-order valence-electron chi connectivity index (χ3n) is 5.52. The second-order valence-electron chi connectivity index (χ2n) is 7.76. The predicted molar refractivity (Wildman–Crippen MR) is 123 cm³/mol. The number of halogens is 1. The predicted octanol–water partition coefficient (Wildman–Crippen LogP) is 1.69. The van der Waals surface area contributed by atoms with Crippen molar-refractivity contribution in [3.8, 4) is 5.75 Å². The normalized spacial score (nSPS) is 17.1. The lowest BCUT2D eigenvalue weighted by molar-refractivity contribution is 0.0930. The zero-order valence-electron chi connectivity index (χ0n) is 18.2. The molecule has 3 aromatic rings. The van der Waals surface area contributed by atoms with Crippen molar-refractivity contribution >= 4 is 38.6 Å². The fourth-order valence-corrected chi connectivity index (χ4v) is 4.90. The monoisotopic (exact) mass is 487 g/mol. The van der Waals surface area contributed by atoms with Crippen LogP contribution in [-0.2, 0) is 16.6 Å². The molecule has 1 aliphatic heterocycles. The van der Waals surface area contributed by atoms with Crippen LogP contribution in [0.15, 0.2) is 36.5 Å². The molecule has 34 heavy (non-hydrogen) atoms. The van der Waals surface area contributed by atoms with Gasteiger partial charge in [-0.1, -0.05) is 6.07 Å². The molecule has 12 heteroatoms. The van der Waals surface area contributed by atoms with Gasteiger partial charge < -0.3 is 15.7 Å². The smallest absolute Gasteiger partial charge is 0.274 e. The van der Waals surface area contributed by atoms with Crippen LogP contribution in [0.25, 0.3) is 10.9 Å². The number of benzene rings is 1. The molecule has 0 radical (unpaired) electrons. The Hall–Kier alpha value is -3.80. The van der Waals surface area contributed by atoms with Gasteiger partial charge in [0, 0.05) is 37.3 Å². The molecule has 3 N–H and O–H groups in total. The minimum absolute atomic E-state index is 0.0164. The van der Waals surface area contributed by atoms with Crippen LogP contribution in [0, 0.1) is 5.82 Å². The number of hydrogen-bond donors (Lipinski definition) is 3. The molecule has 0 spiro atoms. The van der Waals surface area contributed by atoms with Crippen molar-refractivity contribution in [3.63, 3.8) is 0 Å². The zero-order chi connectivity index (χ0) is 24.5. The van der Waals surface area contributed by atoms with E-state index in [4.69, 9.17) is 0 Å². The van der Waals surface area contributed by atoms with E-state index in [9.17, 15) is 27.5 Å². The standard InChI is InChI=1S/C22H22FN5O5S/c1-28-20-15-5-4-9-24-17(15)19(29)18(27-20)22(31)26-12-13-6-7-14(23)11-16(13)21(30)25-8-2-3-10-34(28,32)33/h4-7,9,11,29H,2-3,8,10,12H2,1H3,(H,25,30)(H,26,31). The van der Waals surface area contributed by atoms with Crippen molar-refractivity contribution < 1.29 is 27.5 Å². The first-order valence-corrected chi connectivity index (χ1v) is 12.1. The highest BCUT2D eigenvalue weighted by Crippen LogP contribution is 2.33. The van der Waals surface area contributed by atoms with E-state index in [1.807, 2.05) is 0 Å². The van der Waals surface area contributed by atoms with Crippen molar-refractivity contribution in [2.24, 2.45) is 0 Å². The van der Waals surface area contributed by atoms with Crippen molar-refractivity contribution in [3.05, 3.63) is 59.2 Å². The number of nitrogens with one attached hydrogen (secondary N) is 2. The first-order chi connectivity index (χ1) is 16.2. The number of carbonyl (C=O) groups excluding carboxylic acids is 2. The van der Waals surface area contributed by atoms with E-state index in [1.54, 1.807) is 12.1 Å². The van der Waals surface area contributed by atoms with E-state index in [2.05, 4.69) is 20.6 Å². The van der Waals surface area contributed by atoms with Gasteiger partial charge in [0.1, 0.15) is 11.3 Å². The van der Waals surface area contributed by atoms with Gasteiger partial charge in [0.05, 0.1) is 5.75 Å². The fraction of sp³-hybridized carbons (Fsp3) is 0.273. The maximum atomic E-state index is 13.8. The largest absolute Gasteiger partial charge is 0.504 e. The highest BCUT2D eigenvalue weighted by Gasteiger charge is 2.27. The second-order valence-corrected chi connectivity index (χ2v) is 9.88. The Morgan fingerprint density at radius 3 is 2.71 bits per heavy atom. The molecule has 10 nitrogen and oxygen atoms in total. The number of fused-ring (bicyclic) bond motifs is 5. The summed E-state index contributed by atoms with van der Waals surface area (Å²) in [6.45, 7) is 0.0293. The molecule has 2 amide bonds. The van der Waals surface area contributed by atoms with E-state index in [1.165, 1.54) is 25.4 Å². The molecule has 0 fully saturated rings. The average molecular weight is 488 g/mol. The van der Waals surface area contributed by atoms with Crippen molar-refractivity contribution in [1.82, 2.24) is 20.6 Å². The van der Waals surface area contributed by atoms with Crippen molar-refractivity contribution in [2.75, 3.05) is 23.7 Å². The molecule has 0 saturated carbocycles. The maximum Gasteiger partial charge on any atom is 0.274 e. The molecule has 178 valence electrons. The Kier molecular flexibility index (Phi) is 6.33. The number of sulfonamides is 1. The molecule has 4 rings (SSSR count). The van der Waals surface area contributed by atoms with Crippen LogP contribution in [0.5, 0.6) is 5.75 Å². The van der Waals surface area contributed by atoms with E-state index >= 15 is 0 Å². The van der Waals surface area contributed by atoms with Gasteiger partial charge in [0.2, 0.25) is 10.0 Å². The quantitative estimate of drug-likeness (QED) is 0.438. The Morgan fingerprint density at radius 2 is 1.91 bits per heavy atom. The van der Waals surface area contributed by atoms with Crippen LogP contribution in [0.2, 0.25) is 0 Å². The minimum atomic E-state index is -3.85. The fourth-order valence-electron chi connectivity index (χ4n) is 3.65. The molecule has 1 aliphatic rings. The molecule has 2 bridgehead atoms. The summed E-state index contributed by atoms with van der Waals surface area (Å²) < 4.78 is 40.7. The number of hydrogen-bond acceptors (Lipinski definition) is 7. The summed E-state index contributed by atoms with van der Waals surface area (Å²) in [4.78, 5) is 33.8. The lowest BCUT2D eigenvalue weighted by atomic mass is 10.1. The third kappa shape index (κ3) is 4.49. The number of aromatic nitrogens is 2. The van der Waals surface area contributed by atoms with Gasteiger partial charge in [0.25, 0.3) is 11.8 Å². The maximum absolute atomic E-state index is 13.8. The summed E-state index contributed by atoms with van der Waals surface area (Å²) >= 11 is 0. The number of carbonyl (C=O) groups is 2. The molecular formula is C22H22FN5O5S. The first-order valence-electron chi connectivity index (χ1n) is 10.5. The van der Waals surface area contributed by atoms with Gasteiger partial charge in [-0.25, -0.2) is 17.8 Å². The SMILES string of the molecule is CN1c2nc(c(O)c3ncccc23)C(=O)NCc2ccc(F)cc2C(=O)NCCCCS1(=O)=O. The van der Waals surface area contributed by atoms with Crippen LogP contribution in [0.3, 0.4) is 0 Å². The molecule has 0 saturated heterocycles. The Bertz CT molecular complexity index is 1400. The molecule has 2 aromatic heterocycles. The Labute approximate surface area is 194 Å². The number of aromatic hydroxyl groups is 1. The molecule has 0 aliphatic carbocycles. The highest BCUT2D eigenvalue weighted by molar-refractivity contribution is 7.92. The summed E-state index contributed by atoms with van der Waals surface area (Å²) in [5.41, 5.74) is -0.0124. The van der Waals surface area contributed by atoms with E-state index in [-0.39, 0.29) is 47.5 Å². The van der Waals surface area contributed by atoms with Crippen LogP contribution in [-0.4, -0.2) is 54.7 Å². The lowest BCUT2D eigenvalue weighted by Gasteiger charge is -2.21. The Balaban J connectivity index is 1.83.